The van der Waals surface area contributed by atoms with Gasteiger partial charge < -0.3 is 16.0 Å². The van der Waals surface area contributed by atoms with Crippen LogP contribution in [0.5, 0.6) is 0 Å². The quantitative estimate of drug-likeness (QED) is 0.465. The van der Waals surface area contributed by atoms with Crippen molar-refractivity contribution in [2.45, 2.75) is 57.3 Å². The zero-order valence-corrected chi connectivity index (χ0v) is 20.3. The van der Waals surface area contributed by atoms with Crippen molar-refractivity contribution in [3.8, 4) is 0 Å². The van der Waals surface area contributed by atoms with Gasteiger partial charge >= 0.3 is 0 Å². The van der Waals surface area contributed by atoms with E-state index in [2.05, 4.69) is 16.0 Å². The van der Waals surface area contributed by atoms with Crippen LogP contribution >= 0.6 is 0 Å². The zero-order valence-electron chi connectivity index (χ0n) is 20.3. The molecule has 1 aliphatic heterocycles. The number of anilines is 1. The Kier molecular flexibility index (Phi) is 8.37. The third kappa shape index (κ3) is 6.38. The zero-order chi connectivity index (χ0) is 24.8. The van der Waals surface area contributed by atoms with Gasteiger partial charge in [-0.1, -0.05) is 31.4 Å². The molecule has 3 atom stereocenters. The standard InChI is InChI=1S/C28H35F2N3O2/c1-18(19-7-9-22(29)10-8-19)27(34)33-17-25(20-5-3-2-4-6-20)28(35)31-14-13-21-16-32-26-12-11-23(30)15-24(21)26/h7-12,15,18,20-21,25,32H,2-6,13-14,16-17H2,1H3,(H,31,35)(H,33,34). The molecule has 0 saturated heterocycles. The maximum absolute atomic E-state index is 13.7. The van der Waals surface area contributed by atoms with Crippen LogP contribution in [0.1, 0.15) is 68.4 Å². The molecule has 0 spiro atoms. The highest BCUT2D eigenvalue weighted by atomic mass is 19.1. The minimum Gasteiger partial charge on any atom is -0.384 e. The van der Waals surface area contributed by atoms with Crippen molar-refractivity contribution in [3.63, 3.8) is 0 Å². The van der Waals surface area contributed by atoms with Gasteiger partial charge in [0.2, 0.25) is 11.8 Å². The van der Waals surface area contributed by atoms with Crippen molar-refractivity contribution in [1.29, 1.82) is 0 Å². The maximum Gasteiger partial charge on any atom is 0.227 e. The number of benzene rings is 2. The molecule has 0 bridgehead atoms. The van der Waals surface area contributed by atoms with Gasteiger partial charge in [-0.05, 0) is 73.6 Å². The predicted molar refractivity (Wildman–Crippen MR) is 133 cm³/mol. The summed E-state index contributed by atoms with van der Waals surface area (Å²) in [5.74, 6) is -1.09. The molecule has 1 heterocycles. The van der Waals surface area contributed by atoms with E-state index in [-0.39, 0.29) is 41.2 Å². The molecule has 1 fully saturated rings. The first-order valence-electron chi connectivity index (χ1n) is 12.8. The minimum absolute atomic E-state index is 0.0305. The van der Waals surface area contributed by atoms with E-state index >= 15 is 0 Å². The van der Waals surface area contributed by atoms with Crippen LogP contribution in [0.3, 0.4) is 0 Å². The second-order valence-electron chi connectivity index (χ2n) is 9.91. The Labute approximate surface area is 206 Å². The van der Waals surface area contributed by atoms with Crippen molar-refractivity contribution in [1.82, 2.24) is 10.6 Å². The van der Waals surface area contributed by atoms with Crippen LogP contribution in [0.15, 0.2) is 42.5 Å². The van der Waals surface area contributed by atoms with Gasteiger partial charge in [-0.25, -0.2) is 8.78 Å². The first-order chi connectivity index (χ1) is 16.9. The molecule has 2 aromatic rings. The molecule has 4 rings (SSSR count). The van der Waals surface area contributed by atoms with Gasteiger partial charge in [0.25, 0.3) is 0 Å². The third-order valence-electron chi connectivity index (χ3n) is 7.60. The van der Waals surface area contributed by atoms with Crippen LogP contribution in [0.2, 0.25) is 0 Å². The Bertz CT molecular complexity index is 1020. The summed E-state index contributed by atoms with van der Waals surface area (Å²) in [7, 11) is 0. The molecular weight excluding hydrogens is 448 g/mol. The second kappa shape index (κ2) is 11.6. The SMILES string of the molecule is CC(C(=O)NCC(C(=O)NCCC1CNc2ccc(F)cc21)C1CCCCC1)c1ccc(F)cc1. The van der Waals surface area contributed by atoms with E-state index in [0.717, 1.165) is 55.5 Å². The summed E-state index contributed by atoms with van der Waals surface area (Å²) in [4.78, 5) is 26.0. The topological polar surface area (TPSA) is 70.2 Å². The summed E-state index contributed by atoms with van der Waals surface area (Å²) in [6, 6.07) is 10.7. The van der Waals surface area contributed by atoms with Crippen LogP contribution in [-0.4, -0.2) is 31.4 Å². The molecule has 2 amide bonds. The van der Waals surface area contributed by atoms with Crippen LogP contribution < -0.4 is 16.0 Å². The molecule has 0 radical (unpaired) electrons. The largest absolute Gasteiger partial charge is 0.384 e. The molecule has 35 heavy (non-hydrogen) atoms. The van der Waals surface area contributed by atoms with Gasteiger partial charge in [0, 0.05) is 31.2 Å². The number of amides is 2. The fourth-order valence-electron chi connectivity index (χ4n) is 5.41. The highest BCUT2D eigenvalue weighted by molar-refractivity contribution is 5.84. The molecule has 5 nitrogen and oxygen atoms in total. The Balaban J connectivity index is 1.33. The molecule has 0 aromatic heterocycles. The Morgan fingerprint density at radius 2 is 1.69 bits per heavy atom. The van der Waals surface area contributed by atoms with Crippen LogP contribution in [0.25, 0.3) is 0 Å². The van der Waals surface area contributed by atoms with E-state index in [4.69, 9.17) is 0 Å². The van der Waals surface area contributed by atoms with Crippen LogP contribution in [0.4, 0.5) is 14.5 Å². The Morgan fingerprint density at radius 3 is 2.43 bits per heavy atom. The summed E-state index contributed by atoms with van der Waals surface area (Å²) < 4.78 is 26.9. The summed E-state index contributed by atoms with van der Waals surface area (Å²) in [5.41, 5.74) is 2.66. The summed E-state index contributed by atoms with van der Waals surface area (Å²) in [6.07, 6.45) is 6.08. The summed E-state index contributed by atoms with van der Waals surface area (Å²) in [6.45, 7) is 3.32. The lowest BCUT2D eigenvalue weighted by molar-refractivity contribution is -0.128. The lowest BCUT2D eigenvalue weighted by Crippen LogP contribution is -2.44. The van der Waals surface area contributed by atoms with Gasteiger partial charge in [0.05, 0.1) is 11.8 Å². The number of carbonyl (C=O) groups excluding carboxylic acids is 2. The van der Waals surface area contributed by atoms with Crippen LogP contribution in [-0.2, 0) is 9.59 Å². The van der Waals surface area contributed by atoms with Gasteiger partial charge in [-0.15, -0.1) is 0 Å². The molecule has 2 aliphatic rings. The number of hydrogen-bond donors (Lipinski definition) is 3. The van der Waals surface area contributed by atoms with Gasteiger partial charge in [0.1, 0.15) is 11.6 Å². The molecule has 3 N–H and O–H groups in total. The first-order valence-corrected chi connectivity index (χ1v) is 12.8. The average Bonchev–Trinajstić information content (AvgIpc) is 3.26. The molecular formula is C28H35F2N3O2. The number of carbonyl (C=O) groups is 2. The smallest absolute Gasteiger partial charge is 0.227 e. The lowest BCUT2D eigenvalue weighted by atomic mass is 9.79. The number of nitrogens with one attached hydrogen (secondary N) is 3. The highest BCUT2D eigenvalue weighted by Crippen LogP contribution is 2.34. The highest BCUT2D eigenvalue weighted by Gasteiger charge is 2.31. The van der Waals surface area contributed by atoms with E-state index < -0.39 is 5.92 Å². The second-order valence-corrected chi connectivity index (χ2v) is 9.91. The molecule has 1 saturated carbocycles. The molecule has 188 valence electrons. The van der Waals surface area contributed by atoms with E-state index in [1.165, 1.54) is 24.6 Å². The monoisotopic (exact) mass is 483 g/mol. The molecule has 2 aromatic carbocycles. The summed E-state index contributed by atoms with van der Waals surface area (Å²) in [5, 5.41) is 9.37. The third-order valence-corrected chi connectivity index (χ3v) is 7.60. The minimum atomic E-state index is -0.430. The maximum atomic E-state index is 13.7. The predicted octanol–water partition coefficient (Wildman–Crippen LogP) is 5.10. The van der Waals surface area contributed by atoms with Gasteiger partial charge in [-0.2, -0.15) is 0 Å². The first kappa shape index (κ1) is 25.1. The Morgan fingerprint density at radius 1 is 0.971 bits per heavy atom. The fourth-order valence-corrected chi connectivity index (χ4v) is 5.41. The number of rotatable bonds is 9. The average molecular weight is 484 g/mol. The van der Waals surface area contributed by atoms with Crippen molar-refractivity contribution in [2.75, 3.05) is 25.0 Å². The van der Waals surface area contributed by atoms with E-state index in [1.54, 1.807) is 31.2 Å². The van der Waals surface area contributed by atoms with Crippen molar-refractivity contribution in [2.24, 2.45) is 11.8 Å². The molecule has 1 aliphatic carbocycles. The fraction of sp³-hybridized carbons (Fsp3) is 0.500. The van der Waals surface area contributed by atoms with E-state index in [0.29, 0.717) is 13.1 Å². The van der Waals surface area contributed by atoms with E-state index in [1.807, 2.05) is 0 Å². The molecule has 3 unspecified atom stereocenters. The molecule has 7 heteroatoms. The Hall–Kier alpha value is -2.96. The number of halogens is 2. The number of hydrogen-bond acceptors (Lipinski definition) is 3. The van der Waals surface area contributed by atoms with Gasteiger partial charge in [0.15, 0.2) is 0 Å². The van der Waals surface area contributed by atoms with Crippen molar-refractivity contribution < 1.29 is 18.4 Å². The van der Waals surface area contributed by atoms with Crippen molar-refractivity contribution in [3.05, 3.63) is 65.2 Å². The van der Waals surface area contributed by atoms with Gasteiger partial charge in [-0.3, -0.25) is 9.59 Å². The van der Waals surface area contributed by atoms with Crippen LogP contribution in [0, 0.1) is 23.5 Å². The van der Waals surface area contributed by atoms with Crippen molar-refractivity contribution >= 4 is 17.5 Å². The normalized spacial score (nSPS) is 19.3. The number of fused-ring (bicyclic) bond motifs is 1. The van der Waals surface area contributed by atoms with E-state index in [9.17, 15) is 18.4 Å². The lowest BCUT2D eigenvalue weighted by Gasteiger charge is -2.30. The summed E-state index contributed by atoms with van der Waals surface area (Å²) >= 11 is 0.